The van der Waals surface area contributed by atoms with Crippen LogP contribution in [0.3, 0.4) is 0 Å². The Kier molecular flexibility index (Phi) is 5.73. The molecular weight excluding hydrogens is 489 g/mol. The second-order valence-corrected chi connectivity index (χ2v) is 8.87. The van der Waals surface area contributed by atoms with Crippen molar-refractivity contribution < 1.29 is 14.7 Å². The molecule has 0 radical (unpaired) electrons. The summed E-state index contributed by atoms with van der Waals surface area (Å²) in [7, 11) is 0. The fraction of sp³-hybridized carbons (Fsp3) is 0.130. The summed E-state index contributed by atoms with van der Waals surface area (Å²) >= 11 is 15.6. The standard InChI is InChI=1S/C23H16BrCl2NO3/c24-16-7-10-20-18(11-16)23(30,12-21(28)14-5-8-17(25)9-6-14)22(29)27(20)13-15-3-1-2-4-19(15)26/h1-11,30H,12-13H2. The van der Waals surface area contributed by atoms with E-state index in [0.29, 0.717) is 31.3 Å². The molecule has 0 fully saturated rings. The quantitative estimate of drug-likeness (QED) is 0.449. The van der Waals surface area contributed by atoms with Gasteiger partial charge in [-0.25, -0.2) is 0 Å². The number of Topliss-reactive ketones (excluding diaryl/α,β-unsaturated/α-hetero) is 1. The van der Waals surface area contributed by atoms with Crippen LogP contribution in [0.5, 0.6) is 0 Å². The number of halogens is 3. The van der Waals surface area contributed by atoms with Gasteiger partial charge in [0, 0.05) is 25.6 Å². The zero-order valence-corrected chi connectivity index (χ0v) is 18.7. The highest BCUT2D eigenvalue weighted by atomic mass is 79.9. The van der Waals surface area contributed by atoms with Crippen LogP contribution in [-0.4, -0.2) is 16.8 Å². The molecule has 3 aromatic rings. The van der Waals surface area contributed by atoms with Crippen LogP contribution in [0.1, 0.15) is 27.9 Å². The largest absolute Gasteiger partial charge is 0.375 e. The van der Waals surface area contributed by atoms with Crippen molar-refractivity contribution in [3.63, 3.8) is 0 Å². The minimum absolute atomic E-state index is 0.185. The van der Waals surface area contributed by atoms with Crippen LogP contribution in [0.25, 0.3) is 0 Å². The second kappa shape index (κ2) is 8.16. The lowest BCUT2D eigenvalue weighted by Crippen LogP contribution is -2.41. The number of aliphatic hydroxyl groups is 1. The lowest BCUT2D eigenvalue weighted by molar-refractivity contribution is -0.136. The molecule has 0 aliphatic carbocycles. The summed E-state index contributed by atoms with van der Waals surface area (Å²) in [5, 5.41) is 12.5. The van der Waals surface area contributed by atoms with Crippen molar-refractivity contribution in [2.45, 2.75) is 18.6 Å². The number of carbonyl (C=O) groups excluding carboxylic acids is 2. The monoisotopic (exact) mass is 503 g/mol. The van der Waals surface area contributed by atoms with Gasteiger partial charge in [-0.15, -0.1) is 0 Å². The van der Waals surface area contributed by atoms with Gasteiger partial charge in [0.2, 0.25) is 0 Å². The molecule has 7 heteroatoms. The van der Waals surface area contributed by atoms with E-state index < -0.39 is 11.5 Å². The summed E-state index contributed by atoms with van der Waals surface area (Å²) in [4.78, 5) is 27.7. The summed E-state index contributed by atoms with van der Waals surface area (Å²) in [5.74, 6) is -0.911. The summed E-state index contributed by atoms with van der Waals surface area (Å²) in [6, 6.07) is 18.8. The fourth-order valence-electron chi connectivity index (χ4n) is 3.62. The Morgan fingerprint density at radius 1 is 1.03 bits per heavy atom. The number of nitrogens with zero attached hydrogens (tertiary/aromatic N) is 1. The number of ketones is 1. The van der Waals surface area contributed by atoms with Crippen LogP contribution >= 0.6 is 39.1 Å². The first kappa shape index (κ1) is 21.1. The van der Waals surface area contributed by atoms with Crippen LogP contribution in [0.15, 0.2) is 71.2 Å². The highest BCUT2D eigenvalue weighted by Crippen LogP contribution is 2.45. The van der Waals surface area contributed by atoms with E-state index in [2.05, 4.69) is 15.9 Å². The molecule has 0 aromatic heterocycles. The van der Waals surface area contributed by atoms with E-state index in [1.54, 1.807) is 48.5 Å². The molecule has 0 spiro atoms. The first-order chi connectivity index (χ1) is 14.3. The molecule has 1 heterocycles. The molecule has 4 rings (SSSR count). The third kappa shape index (κ3) is 3.79. The van der Waals surface area contributed by atoms with Crippen LogP contribution < -0.4 is 4.90 Å². The number of carbonyl (C=O) groups is 2. The minimum atomic E-state index is -1.98. The maximum Gasteiger partial charge on any atom is 0.264 e. The second-order valence-electron chi connectivity index (χ2n) is 7.11. The van der Waals surface area contributed by atoms with E-state index in [1.807, 2.05) is 18.2 Å². The number of hydrogen-bond donors (Lipinski definition) is 1. The molecular formula is C23H16BrCl2NO3. The number of benzene rings is 3. The molecule has 0 saturated carbocycles. The highest BCUT2D eigenvalue weighted by Gasteiger charge is 2.51. The third-order valence-electron chi connectivity index (χ3n) is 5.16. The van der Waals surface area contributed by atoms with Gasteiger partial charge in [0.05, 0.1) is 18.7 Å². The predicted octanol–water partition coefficient (Wildman–Crippen LogP) is 5.76. The van der Waals surface area contributed by atoms with Crippen molar-refractivity contribution in [1.29, 1.82) is 0 Å². The van der Waals surface area contributed by atoms with Crippen molar-refractivity contribution in [1.82, 2.24) is 0 Å². The SMILES string of the molecule is O=C(CC1(O)C(=O)N(Cc2ccccc2Cl)c2ccc(Br)cc21)c1ccc(Cl)cc1. The van der Waals surface area contributed by atoms with Gasteiger partial charge < -0.3 is 10.0 Å². The number of amides is 1. The molecule has 0 saturated heterocycles. The topological polar surface area (TPSA) is 57.6 Å². The van der Waals surface area contributed by atoms with Gasteiger partial charge >= 0.3 is 0 Å². The maximum atomic E-state index is 13.4. The van der Waals surface area contributed by atoms with E-state index in [0.717, 1.165) is 5.56 Å². The van der Waals surface area contributed by atoms with Gasteiger partial charge in [0.15, 0.2) is 11.4 Å². The zero-order chi connectivity index (χ0) is 21.5. The minimum Gasteiger partial charge on any atom is -0.375 e. The number of hydrogen-bond acceptors (Lipinski definition) is 3. The Balaban J connectivity index is 1.72. The van der Waals surface area contributed by atoms with Crippen molar-refractivity contribution in [2.75, 3.05) is 4.90 Å². The van der Waals surface area contributed by atoms with Gasteiger partial charge in [-0.1, -0.05) is 57.3 Å². The maximum absolute atomic E-state index is 13.4. The molecule has 1 unspecified atom stereocenters. The molecule has 152 valence electrons. The van der Waals surface area contributed by atoms with Gasteiger partial charge in [-0.05, 0) is 54.1 Å². The number of fused-ring (bicyclic) bond motifs is 1. The number of anilines is 1. The Labute approximate surface area is 192 Å². The first-order valence-electron chi connectivity index (χ1n) is 9.16. The average Bonchev–Trinajstić information content (AvgIpc) is 2.91. The average molecular weight is 505 g/mol. The zero-order valence-electron chi connectivity index (χ0n) is 15.6. The van der Waals surface area contributed by atoms with E-state index in [-0.39, 0.29) is 18.7 Å². The van der Waals surface area contributed by atoms with Crippen molar-refractivity contribution in [2.24, 2.45) is 0 Å². The van der Waals surface area contributed by atoms with Crippen LogP contribution in [0, 0.1) is 0 Å². The van der Waals surface area contributed by atoms with Crippen LogP contribution in [0.4, 0.5) is 5.69 Å². The summed E-state index contributed by atoms with van der Waals surface area (Å²) in [6.45, 7) is 0.185. The molecule has 3 aromatic carbocycles. The predicted molar refractivity (Wildman–Crippen MR) is 121 cm³/mol. The Morgan fingerprint density at radius 3 is 2.43 bits per heavy atom. The first-order valence-corrected chi connectivity index (χ1v) is 10.7. The summed E-state index contributed by atoms with van der Waals surface area (Å²) in [5.41, 5.74) is 0.0824. The van der Waals surface area contributed by atoms with Gasteiger partial charge in [0.1, 0.15) is 0 Å². The van der Waals surface area contributed by atoms with Crippen molar-refractivity contribution in [3.05, 3.63) is 97.9 Å². The van der Waals surface area contributed by atoms with Crippen molar-refractivity contribution >= 4 is 56.5 Å². The molecule has 1 aliphatic heterocycles. The van der Waals surface area contributed by atoms with Crippen LogP contribution in [-0.2, 0) is 16.9 Å². The van der Waals surface area contributed by atoms with Crippen LogP contribution in [0.2, 0.25) is 10.0 Å². The van der Waals surface area contributed by atoms with E-state index in [4.69, 9.17) is 23.2 Å². The smallest absolute Gasteiger partial charge is 0.264 e. The lowest BCUT2D eigenvalue weighted by Gasteiger charge is -2.23. The molecule has 1 atom stereocenters. The molecule has 0 bridgehead atoms. The van der Waals surface area contributed by atoms with Crippen molar-refractivity contribution in [3.8, 4) is 0 Å². The molecule has 4 nitrogen and oxygen atoms in total. The molecule has 1 amide bonds. The molecule has 1 N–H and O–H groups in total. The molecule has 30 heavy (non-hydrogen) atoms. The Bertz CT molecular complexity index is 1150. The van der Waals surface area contributed by atoms with E-state index >= 15 is 0 Å². The fourth-order valence-corrected chi connectivity index (χ4v) is 4.30. The summed E-state index contributed by atoms with van der Waals surface area (Å²) in [6.07, 6.45) is -0.379. The van der Waals surface area contributed by atoms with Gasteiger partial charge in [-0.2, -0.15) is 0 Å². The van der Waals surface area contributed by atoms with E-state index in [1.165, 1.54) is 4.90 Å². The third-order valence-corrected chi connectivity index (χ3v) is 6.28. The lowest BCUT2D eigenvalue weighted by atomic mass is 9.88. The summed E-state index contributed by atoms with van der Waals surface area (Å²) < 4.78 is 0.700. The molecule has 1 aliphatic rings. The van der Waals surface area contributed by atoms with E-state index in [9.17, 15) is 14.7 Å². The highest BCUT2D eigenvalue weighted by molar-refractivity contribution is 9.10. The normalized spacial score (nSPS) is 17.9. The Hall–Kier alpha value is -2.18. The van der Waals surface area contributed by atoms with Gasteiger partial charge in [-0.3, -0.25) is 9.59 Å². The van der Waals surface area contributed by atoms with Gasteiger partial charge in [0.25, 0.3) is 5.91 Å². The Morgan fingerprint density at radius 2 is 1.73 bits per heavy atom. The number of rotatable bonds is 5.